The lowest BCUT2D eigenvalue weighted by Gasteiger charge is -2.52. The van der Waals surface area contributed by atoms with Gasteiger partial charge in [-0.3, -0.25) is 14.4 Å². The Morgan fingerprint density at radius 2 is 1.44 bits per heavy atom. The lowest BCUT2D eigenvalue weighted by Crippen LogP contribution is -2.68. The van der Waals surface area contributed by atoms with Crippen LogP contribution in [0.5, 0.6) is 0 Å². The van der Waals surface area contributed by atoms with E-state index in [0.717, 1.165) is 10.4 Å². The first kappa shape index (κ1) is 31.3. The number of rotatable bonds is 10. The van der Waals surface area contributed by atoms with Gasteiger partial charge in [0.2, 0.25) is 0 Å². The Balaban J connectivity index is 1.83. The van der Waals surface area contributed by atoms with Gasteiger partial charge in [0.1, 0.15) is 11.6 Å². The second-order valence-corrected chi connectivity index (χ2v) is 17.2. The van der Waals surface area contributed by atoms with E-state index in [1.165, 1.54) is 6.92 Å². The van der Waals surface area contributed by atoms with E-state index in [-0.39, 0.29) is 55.5 Å². The van der Waals surface area contributed by atoms with Crippen molar-refractivity contribution in [2.75, 3.05) is 26.4 Å². The second-order valence-electron chi connectivity index (χ2n) is 12.9. The topological polar surface area (TPSA) is 88.1 Å². The summed E-state index contributed by atoms with van der Waals surface area (Å²) in [5, 5.41) is 1.92. The van der Waals surface area contributed by atoms with Crippen LogP contribution in [0, 0.1) is 10.8 Å². The third-order valence-electron chi connectivity index (χ3n) is 8.51. The quantitative estimate of drug-likeness (QED) is 0.300. The molecular formula is C33H44O7Si. The molecule has 2 aromatic rings. The van der Waals surface area contributed by atoms with E-state index < -0.39 is 30.9 Å². The van der Waals surface area contributed by atoms with Crippen LogP contribution in [0.15, 0.2) is 60.7 Å². The first-order valence-electron chi connectivity index (χ1n) is 14.5. The summed E-state index contributed by atoms with van der Waals surface area (Å²) in [4.78, 5) is 40.2. The molecule has 1 spiro atoms. The highest BCUT2D eigenvalue weighted by molar-refractivity contribution is 6.99. The predicted octanol–water partition coefficient (Wildman–Crippen LogP) is 4.59. The highest BCUT2D eigenvalue weighted by atomic mass is 28.4. The maximum Gasteiger partial charge on any atom is 0.306 e. The van der Waals surface area contributed by atoms with Crippen molar-refractivity contribution in [2.24, 2.45) is 10.8 Å². The van der Waals surface area contributed by atoms with Gasteiger partial charge < -0.3 is 18.6 Å². The summed E-state index contributed by atoms with van der Waals surface area (Å²) in [7, 11) is -2.98. The van der Waals surface area contributed by atoms with E-state index in [0.29, 0.717) is 13.2 Å². The van der Waals surface area contributed by atoms with Crippen LogP contribution >= 0.6 is 0 Å². The van der Waals surface area contributed by atoms with Crippen LogP contribution in [0.1, 0.15) is 67.2 Å². The molecule has 1 saturated carbocycles. The largest absolute Gasteiger partial charge is 0.466 e. The van der Waals surface area contributed by atoms with Gasteiger partial charge >= 0.3 is 5.97 Å². The Morgan fingerprint density at radius 3 is 1.90 bits per heavy atom. The number of hydrogen-bond acceptors (Lipinski definition) is 7. The van der Waals surface area contributed by atoms with Gasteiger partial charge in [0, 0.05) is 25.9 Å². The molecule has 0 bridgehead atoms. The zero-order valence-electron chi connectivity index (χ0n) is 25.3. The number of hydrogen-bond donors (Lipinski definition) is 0. The third-order valence-corrected chi connectivity index (χ3v) is 13.5. The first-order chi connectivity index (χ1) is 19.3. The Hall–Kier alpha value is -2.65. The normalized spacial score (nSPS) is 24.4. The monoisotopic (exact) mass is 580 g/mol. The number of esters is 1. The molecule has 0 aromatic heterocycles. The van der Waals surface area contributed by atoms with Crippen molar-refractivity contribution in [2.45, 2.75) is 78.1 Å². The molecule has 222 valence electrons. The molecule has 1 saturated heterocycles. The lowest BCUT2D eigenvalue weighted by molar-refractivity contribution is -0.227. The Morgan fingerprint density at radius 1 is 0.902 bits per heavy atom. The molecule has 0 unspecified atom stereocenters. The van der Waals surface area contributed by atoms with Gasteiger partial charge in [-0.1, -0.05) is 88.4 Å². The maximum absolute atomic E-state index is 14.7. The van der Waals surface area contributed by atoms with Gasteiger partial charge in [-0.2, -0.15) is 0 Å². The number of carbonyl (C=O) groups excluding carboxylic acids is 3. The smallest absolute Gasteiger partial charge is 0.306 e. The molecular weight excluding hydrogens is 536 g/mol. The standard InChI is InChI=1S/C33H44O7Si/c1-7-37-28(35)21-32(20-25(2)34)23-33(38-18-19-39-33)22-31(6,29(32)36)24-40-41(30(3,4)5,26-14-10-8-11-15-26)27-16-12-9-13-17-27/h8-17H,7,18-24H2,1-6H3/t31-,32-/m0/s1. The van der Waals surface area contributed by atoms with E-state index >= 15 is 0 Å². The minimum Gasteiger partial charge on any atom is -0.466 e. The molecule has 4 rings (SSSR count). The van der Waals surface area contributed by atoms with Gasteiger partial charge in [-0.05, 0) is 29.3 Å². The van der Waals surface area contributed by atoms with Crippen LogP contribution in [0.4, 0.5) is 0 Å². The zero-order valence-corrected chi connectivity index (χ0v) is 26.3. The van der Waals surface area contributed by atoms with Crippen LogP contribution in [-0.4, -0.2) is 58.1 Å². The fourth-order valence-corrected chi connectivity index (χ4v) is 11.8. The highest BCUT2D eigenvalue weighted by Crippen LogP contribution is 2.55. The summed E-state index contributed by atoms with van der Waals surface area (Å²) in [6, 6.07) is 20.5. The van der Waals surface area contributed by atoms with Gasteiger partial charge in [-0.25, -0.2) is 0 Å². The number of Topliss-reactive ketones (excluding diaryl/α,β-unsaturated/α-hetero) is 2. The molecule has 0 N–H and O–H groups in total. The van der Waals surface area contributed by atoms with Gasteiger partial charge in [0.25, 0.3) is 8.32 Å². The highest BCUT2D eigenvalue weighted by Gasteiger charge is 2.63. The van der Waals surface area contributed by atoms with Crippen LogP contribution in [-0.2, 0) is 33.0 Å². The molecule has 2 fully saturated rings. The predicted molar refractivity (Wildman–Crippen MR) is 160 cm³/mol. The molecule has 1 aliphatic carbocycles. The van der Waals surface area contributed by atoms with Crippen molar-refractivity contribution in [1.82, 2.24) is 0 Å². The van der Waals surface area contributed by atoms with Crippen molar-refractivity contribution >= 4 is 36.2 Å². The van der Waals surface area contributed by atoms with Crippen LogP contribution in [0.3, 0.4) is 0 Å². The average Bonchev–Trinajstić information content (AvgIpc) is 3.34. The van der Waals surface area contributed by atoms with Crippen LogP contribution in [0.2, 0.25) is 5.04 Å². The van der Waals surface area contributed by atoms with Crippen LogP contribution in [0.25, 0.3) is 0 Å². The van der Waals surface area contributed by atoms with Crippen molar-refractivity contribution in [3.63, 3.8) is 0 Å². The molecule has 2 aromatic carbocycles. The van der Waals surface area contributed by atoms with Crippen molar-refractivity contribution < 1.29 is 33.0 Å². The number of ketones is 2. The van der Waals surface area contributed by atoms with Crippen LogP contribution < -0.4 is 10.4 Å². The van der Waals surface area contributed by atoms with E-state index in [1.54, 1.807) is 6.92 Å². The molecule has 0 radical (unpaired) electrons. The Bertz CT molecular complexity index is 1190. The molecule has 2 atom stereocenters. The summed E-state index contributed by atoms with van der Waals surface area (Å²) in [5.41, 5.74) is -2.40. The number of ether oxygens (including phenoxy) is 3. The first-order valence-corrected chi connectivity index (χ1v) is 16.5. The molecule has 1 aliphatic heterocycles. The van der Waals surface area contributed by atoms with Crippen molar-refractivity contribution in [1.29, 1.82) is 0 Å². The van der Waals surface area contributed by atoms with Gasteiger partial charge in [0.05, 0.1) is 37.1 Å². The Kier molecular flexibility index (Phi) is 9.09. The molecule has 1 heterocycles. The number of carbonyl (C=O) groups is 3. The third kappa shape index (κ3) is 6.12. The zero-order chi connectivity index (χ0) is 29.9. The summed E-state index contributed by atoms with van der Waals surface area (Å²) in [6.45, 7) is 12.7. The summed E-state index contributed by atoms with van der Waals surface area (Å²) in [5.74, 6) is -1.93. The fourth-order valence-electron chi connectivity index (χ4n) is 7.13. The lowest BCUT2D eigenvalue weighted by atomic mass is 9.57. The summed E-state index contributed by atoms with van der Waals surface area (Å²) in [6.07, 6.45) is 0.113. The molecule has 7 nitrogen and oxygen atoms in total. The van der Waals surface area contributed by atoms with E-state index in [2.05, 4.69) is 45.0 Å². The average molecular weight is 581 g/mol. The Labute approximate surface area is 245 Å². The fraction of sp³-hybridized carbons (Fsp3) is 0.545. The van der Waals surface area contributed by atoms with E-state index in [1.807, 2.05) is 43.3 Å². The summed E-state index contributed by atoms with van der Waals surface area (Å²) >= 11 is 0. The summed E-state index contributed by atoms with van der Waals surface area (Å²) < 4.78 is 24.9. The van der Waals surface area contributed by atoms with Crippen molar-refractivity contribution in [3.8, 4) is 0 Å². The molecule has 8 heteroatoms. The molecule has 0 amide bonds. The molecule has 2 aliphatic rings. The number of benzene rings is 2. The SMILES string of the molecule is CCOC(=O)C[C@@]1(CC(C)=O)CC2(C[C@@](C)(CO[Si](c3ccccc3)(c3ccccc3)C(C)(C)C)C1=O)OCCO2. The van der Waals surface area contributed by atoms with E-state index in [4.69, 9.17) is 18.6 Å². The van der Waals surface area contributed by atoms with Gasteiger partial charge in [-0.15, -0.1) is 0 Å². The molecule has 41 heavy (non-hydrogen) atoms. The van der Waals surface area contributed by atoms with E-state index in [9.17, 15) is 14.4 Å². The van der Waals surface area contributed by atoms with Crippen molar-refractivity contribution in [3.05, 3.63) is 60.7 Å². The minimum absolute atomic E-state index is 0.0894. The maximum atomic E-state index is 14.7. The second kappa shape index (κ2) is 11.9. The van der Waals surface area contributed by atoms with Gasteiger partial charge in [0.15, 0.2) is 5.79 Å². The minimum atomic E-state index is -2.98.